The molecule has 0 aromatic heterocycles. The highest BCUT2D eigenvalue weighted by Crippen LogP contribution is 2.09. The van der Waals surface area contributed by atoms with E-state index in [0.29, 0.717) is 0 Å². The van der Waals surface area contributed by atoms with Gasteiger partial charge in [0.2, 0.25) is 0 Å². The summed E-state index contributed by atoms with van der Waals surface area (Å²) in [5, 5.41) is 0. The summed E-state index contributed by atoms with van der Waals surface area (Å²) < 4.78 is 10.1. The SMILES string of the molecule is CC(C)(C)OC(=O)CC(=O)CCC(=O)OCc1ccccc1. The first-order valence-corrected chi connectivity index (χ1v) is 7.19. The van der Waals surface area contributed by atoms with Gasteiger partial charge in [0.15, 0.2) is 0 Å². The number of rotatable bonds is 7. The van der Waals surface area contributed by atoms with Crippen LogP contribution in [0.5, 0.6) is 0 Å². The van der Waals surface area contributed by atoms with Crippen LogP contribution in [0.3, 0.4) is 0 Å². The molecule has 0 unspecified atom stereocenters. The first-order chi connectivity index (χ1) is 10.3. The summed E-state index contributed by atoms with van der Waals surface area (Å²) in [5.41, 5.74) is 0.266. The first-order valence-electron chi connectivity index (χ1n) is 7.19. The van der Waals surface area contributed by atoms with Crippen molar-refractivity contribution in [3.05, 3.63) is 35.9 Å². The van der Waals surface area contributed by atoms with Crippen LogP contribution in [0, 0.1) is 0 Å². The van der Waals surface area contributed by atoms with Crippen molar-refractivity contribution in [2.24, 2.45) is 0 Å². The fraction of sp³-hybridized carbons (Fsp3) is 0.471. The molecule has 0 spiro atoms. The second-order valence-electron chi connectivity index (χ2n) is 5.95. The fourth-order valence-corrected chi connectivity index (χ4v) is 1.68. The molecule has 1 rings (SSSR count). The molecule has 5 heteroatoms. The van der Waals surface area contributed by atoms with Crippen molar-refractivity contribution in [2.45, 2.75) is 52.2 Å². The van der Waals surface area contributed by atoms with Crippen molar-refractivity contribution in [1.29, 1.82) is 0 Å². The Morgan fingerprint density at radius 2 is 1.59 bits per heavy atom. The summed E-state index contributed by atoms with van der Waals surface area (Å²) >= 11 is 0. The van der Waals surface area contributed by atoms with Gasteiger partial charge in [0, 0.05) is 6.42 Å². The zero-order valence-corrected chi connectivity index (χ0v) is 13.3. The average molecular weight is 306 g/mol. The number of esters is 2. The molecule has 0 aliphatic heterocycles. The smallest absolute Gasteiger partial charge is 0.313 e. The van der Waals surface area contributed by atoms with Crippen LogP contribution in [0.4, 0.5) is 0 Å². The number of ether oxygens (including phenoxy) is 2. The minimum atomic E-state index is -0.619. The van der Waals surface area contributed by atoms with Crippen LogP contribution >= 0.6 is 0 Å². The summed E-state index contributed by atoms with van der Waals surface area (Å²) in [6.07, 6.45) is -0.370. The predicted molar refractivity (Wildman–Crippen MR) is 80.9 cm³/mol. The number of carbonyl (C=O) groups excluding carboxylic acids is 3. The molecule has 120 valence electrons. The standard InChI is InChI=1S/C17H22O5/c1-17(2,3)22-16(20)11-14(18)9-10-15(19)21-12-13-7-5-4-6-8-13/h4-8H,9-12H2,1-3H3. The van der Waals surface area contributed by atoms with E-state index in [-0.39, 0.29) is 31.7 Å². The molecule has 0 aliphatic rings. The van der Waals surface area contributed by atoms with E-state index in [0.717, 1.165) is 5.56 Å². The van der Waals surface area contributed by atoms with Crippen molar-refractivity contribution >= 4 is 17.7 Å². The molecule has 0 heterocycles. The number of hydrogen-bond donors (Lipinski definition) is 0. The van der Waals surface area contributed by atoms with Crippen molar-refractivity contribution in [3.63, 3.8) is 0 Å². The Kier molecular flexibility index (Phi) is 6.76. The normalized spacial score (nSPS) is 10.9. The maximum absolute atomic E-state index is 11.6. The zero-order chi connectivity index (χ0) is 16.6. The highest BCUT2D eigenvalue weighted by Gasteiger charge is 2.19. The molecule has 1 aromatic carbocycles. The number of Topliss-reactive ketones (excluding diaryl/α,β-unsaturated/α-hetero) is 1. The van der Waals surface area contributed by atoms with Crippen molar-refractivity contribution in [1.82, 2.24) is 0 Å². The third-order valence-corrected chi connectivity index (χ3v) is 2.61. The molecule has 0 aliphatic carbocycles. The average Bonchev–Trinajstić information content (AvgIpc) is 2.42. The van der Waals surface area contributed by atoms with E-state index < -0.39 is 17.5 Å². The summed E-state index contributed by atoms with van der Waals surface area (Å²) in [7, 11) is 0. The molecule has 1 aromatic rings. The lowest BCUT2D eigenvalue weighted by Crippen LogP contribution is -2.25. The molecule has 0 saturated heterocycles. The van der Waals surface area contributed by atoms with E-state index in [1.807, 2.05) is 30.3 Å². The van der Waals surface area contributed by atoms with Crippen LogP contribution in [0.15, 0.2) is 30.3 Å². The monoisotopic (exact) mass is 306 g/mol. The Morgan fingerprint density at radius 1 is 0.955 bits per heavy atom. The lowest BCUT2D eigenvalue weighted by atomic mass is 10.1. The van der Waals surface area contributed by atoms with Crippen molar-refractivity contribution in [2.75, 3.05) is 0 Å². The van der Waals surface area contributed by atoms with E-state index in [1.165, 1.54) is 0 Å². The Bertz CT molecular complexity index is 514. The third-order valence-electron chi connectivity index (χ3n) is 2.61. The Labute approximate surface area is 130 Å². The van der Waals surface area contributed by atoms with Crippen LogP contribution in [0.2, 0.25) is 0 Å². The minimum absolute atomic E-state index is 0.0210. The Balaban J connectivity index is 2.23. The van der Waals surface area contributed by atoms with Gasteiger partial charge in [-0.05, 0) is 26.3 Å². The van der Waals surface area contributed by atoms with Crippen LogP contribution in [0.25, 0.3) is 0 Å². The largest absolute Gasteiger partial charge is 0.461 e. The van der Waals surface area contributed by atoms with Gasteiger partial charge in [0.25, 0.3) is 0 Å². The van der Waals surface area contributed by atoms with Crippen LogP contribution in [-0.2, 0) is 30.5 Å². The fourth-order valence-electron chi connectivity index (χ4n) is 1.68. The van der Waals surface area contributed by atoms with Crippen LogP contribution in [0.1, 0.15) is 45.6 Å². The van der Waals surface area contributed by atoms with Crippen LogP contribution in [-0.4, -0.2) is 23.3 Å². The van der Waals surface area contributed by atoms with E-state index in [4.69, 9.17) is 9.47 Å². The molecule has 22 heavy (non-hydrogen) atoms. The molecule has 0 bridgehead atoms. The van der Waals surface area contributed by atoms with E-state index >= 15 is 0 Å². The van der Waals surface area contributed by atoms with Crippen molar-refractivity contribution in [3.8, 4) is 0 Å². The van der Waals surface area contributed by atoms with Gasteiger partial charge in [0.1, 0.15) is 24.4 Å². The number of ketones is 1. The third kappa shape index (κ3) is 8.19. The molecular formula is C17H22O5. The first kappa shape index (κ1) is 17.9. The second kappa shape index (κ2) is 8.32. The molecule has 0 saturated carbocycles. The van der Waals surface area contributed by atoms with E-state index in [1.54, 1.807) is 20.8 Å². The molecule has 0 amide bonds. The highest BCUT2D eigenvalue weighted by molar-refractivity contribution is 5.96. The van der Waals surface area contributed by atoms with Gasteiger partial charge in [-0.1, -0.05) is 30.3 Å². The Hall–Kier alpha value is -2.17. The molecule has 0 fully saturated rings. The zero-order valence-electron chi connectivity index (χ0n) is 13.3. The van der Waals surface area contributed by atoms with E-state index in [2.05, 4.69) is 0 Å². The van der Waals surface area contributed by atoms with Crippen LogP contribution < -0.4 is 0 Å². The molecule has 5 nitrogen and oxygen atoms in total. The van der Waals surface area contributed by atoms with Gasteiger partial charge in [-0.25, -0.2) is 0 Å². The molecule has 0 radical (unpaired) electrons. The number of carbonyl (C=O) groups is 3. The van der Waals surface area contributed by atoms with Gasteiger partial charge in [-0.2, -0.15) is 0 Å². The summed E-state index contributed by atoms with van der Waals surface area (Å²) in [6.45, 7) is 5.38. The second-order valence-corrected chi connectivity index (χ2v) is 5.95. The topological polar surface area (TPSA) is 69.7 Å². The molecular weight excluding hydrogens is 284 g/mol. The maximum Gasteiger partial charge on any atom is 0.313 e. The summed E-state index contributed by atoms with van der Waals surface area (Å²) in [6, 6.07) is 9.28. The van der Waals surface area contributed by atoms with E-state index in [9.17, 15) is 14.4 Å². The van der Waals surface area contributed by atoms with Crippen molar-refractivity contribution < 1.29 is 23.9 Å². The van der Waals surface area contributed by atoms with Gasteiger partial charge in [-0.15, -0.1) is 0 Å². The summed E-state index contributed by atoms with van der Waals surface area (Å²) in [5.74, 6) is -1.36. The molecule has 0 atom stereocenters. The number of benzene rings is 1. The molecule has 0 N–H and O–H groups in total. The lowest BCUT2D eigenvalue weighted by Gasteiger charge is -2.19. The summed E-state index contributed by atoms with van der Waals surface area (Å²) in [4.78, 5) is 34.6. The highest BCUT2D eigenvalue weighted by atomic mass is 16.6. The van der Waals surface area contributed by atoms with Gasteiger partial charge in [-0.3, -0.25) is 14.4 Å². The van der Waals surface area contributed by atoms with Gasteiger partial charge in [0.05, 0.1) is 6.42 Å². The predicted octanol–water partition coefficient (Wildman–Crippen LogP) is 2.81. The number of hydrogen-bond acceptors (Lipinski definition) is 5. The Morgan fingerprint density at radius 3 is 2.18 bits per heavy atom. The lowest BCUT2D eigenvalue weighted by molar-refractivity contribution is -0.157. The van der Waals surface area contributed by atoms with Gasteiger partial charge < -0.3 is 9.47 Å². The van der Waals surface area contributed by atoms with Gasteiger partial charge >= 0.3 is 11.9 Å². The quantitative estimate of drug-likeness (QED) is 0.572. The maximum atomic E-state index is 11.6. The minimum Gasteiger partial charge on any atom is -0.461 e.